The second-order valence-corrected chi connectivity index (χ2v) is 5.99. The largest absolute Gasteiger partial charge is 0.493 e. The summed E-state index contributed by atoms with van der Waals surface area (Å²) in [5.41, 5.74) is 0.708. The van der Waals surface area contributed by atoms with E-state index in [1.807, 2.05) is 0 Å². The first-order chi connectivity index (χ1) is 11.4. The number of ether oxygens (including phenoxy) is 3. The molecular weight excluding hydrogens is 357 g/mol. The molecule has 2 unspecified atom stereocenters. The van der Waals surface area contributed by atoms with E-state index in [9.17, 15) is 9.59 Å². The predicted molar refractivity (Wildman–Crippen MR) is 88.6 cm³/mol. The van der Waals surface area contributed by atoms with E-state index in [0.29, 0.717) is 22.2 Å². The lowest BCUT2D eigenvalue weighted by molar-refractivity contribution is -0.155. The van der Waals surface area contributed by atoms with Crippen molar-refractivity contribution in [3.8, 4) is 0 Å². The average molecular weight is 374 g/mol. The highest BCUT2D eigenvalue weighted by Gasteiger charge is 2.24. The summed E-state index contributed by atoms with van der Waals surface area (Å²) >= 11 is 12.0. The van der Waals surface area contributed by atoms with Gasteiger partial charge in [-0.25, -0.2) is 4.79 Å². The maximum Gasteiger partial charge on any atom is 0.377 e. The van der Waals surface area contributed by atoms with Crippen LogP contribution in [0.15, 0.2) is 30.2 Å². The van der Waals surface area contributed by atoms with Crippen molar-refractivity contribution >= 4 is 35.1 Å². The fraction of sp³-hybridized carbons (Fsp3) is 0.375. The number of halogens is 2. The van der Waals surface area contributed by atoms with E-state index in [4.69, 9.17) is 37.4 Å². The number of esters is 1. The molecule has 0 spiro atoms. The van der Waals surface area contributed by atoms with Crippen molar-refractivity contribution in [2.24, 2.45) is 0 Å². The van der Waals surface area contributed by atoms with Crippen LogP contribution in [0, 0.1) is 0 Å². The van der Waals surface area contributed by atoms with E-state index in [0.717, 1.165) is 0 Å². The summed E-state index contributed by atoms with van der Waals surface area (Å²) < 4.78 is 15.1. The van der Waals surface area contributed by atoms with Gasteiger partial charge in [-0.3, -0.25) is 4.79 Å². The number of hydrogen-bond donors (Lipinski definition) is 1. The van der Waals surface area contributed by atoms with Crippen molar-refractivity contribution in [2.75, 3.05) is 13.2 Å². The Balaban J connectivity index is 1.93. The van der Waals surface area contributed by atoms with Gasteiger partial charge < -0.3 is 19.5 Å². The number of hydrogen-bond acceptors (Lipinski definition) is 5. The number of amides is 1. The maximum atomic E-state index is 12.2. The van der Waals surface area contributed by atoms with Gasteiger partial charge in [-0.15, -0.1) is 0 Å². The molecular formula is C16H17Cl2NO5. The molecule has 130 valence electrons. The number of nitrogens with one attached hydrogen (secondary N) is 1. The van der Waals surface area contributed by atoms with Crippen LogP contribution in [-0.2, 0) is 23.8 Å². The van der Waals surface area contributed by atoms with Crippen molar-refractivity contribution in [3.63, 3.8) is 0 Å². The fourth-order valence-electron chi connectivity index (χ4n) is 2.01. The van der Waals surface area contributed by atoms with Crippen LogP contribution < -0.4 is 5.32 Å². The first-order valence-corrected chi connectivity index (χ1v) is 8.05. The molecule has 24 heavy (non-hydrogen) atoms. The maximum absolute atomic E-state index is 12.2. The van der Waals surface area contributed by atoms with E-state index in [2.05, 4.69) is 5.32 Å². The monoisotopic (exact) mass is 373 g/mol. The summed E-state index contributed by atoms with van der Waals surface area (Å²) in [6.45, 7) is 3.86. The van der Waals surface area contributed by atoms with Crippen LogP contribution in [0.4, 0.5) is 0 Å². The molecule has 0 bridgehead atoms. The summed E-state index contributed by atoms with van der Waals surface area (Å²) in [6, 6.07) is 4.63. The zero-order valence-electron chi connectivity index (χ0n) is 13.2. The third-order valence-corrected chi connectivity index (χ3v) is 3.85. The van der Waals surface area contributed by atoms with Crippen molar-refractivity contribution in [1.82, 2.24) is 5.32 Å². The second kappa shape index (κ2) is 8.26. The normalized spacial score (nSPS) is 16.1. The Bertz CT molecular complexity index is 662. The van der Waals surface area contributed by atoms with E-state index < -0.39 is 18.0 Å². The minimum atomic E-state index is -1.00. The third kappa shape index (κ3) is 4.79. The summed E-state index contributed by atoms with van der Waals surface area (Å²) in [5, 5.41) is 3.68. The van der Waals surface area contributed by atoms with Gasteiger partial charge in [0.2, 0.25) is 5.76 Å². The number of benzene rings is 1. The Labute approximate surface area is 149 Å². The minimum absolute atomic E-state index is 0.0605. The van der Waals surface area contributed by atoms with Crippen molar-refractivity contribution in [3.05, 3.63) is 45.8 Å². The van der Waals surface area contributed by atoms with Crippen LogP contribution in [-0.4, -0.2) is 31.2 Å². The molecule has 1 aromatic rings. The van der Waals surface area contributed by atoms with Gasteiger partial charge in [-0.2, -0.15) is 0 Å². The van der Waals surface area contributed by atoms with Crippen LogP contribution in [0.1, 0.15) is 25.5 Å². The van der Waals surface area contributed by atoms with Crippen molar-refractivity contribution in [1.29, 1.82) is 0 Å². The van der Waals surface area contributed by atoms with Gasteiger partial charge in [-0.1, -0.05) is 29.3 Å². The van der Waals surface area contributed by atoms with Crippen molar-refractivity contribution in [2.45, 2.75) is 26.0 Å². The summed E-state index contributed by atoms with van der Waals surface area (Å²) in [7, 11) is 0. The number of carbonyl (C=O) groups excluding carboxylic acids is 2. The average Bonchev–Trinajstić information content (AvgIpc) is 2.55. The lowest BCUT2D eigenvalue weighted by Gasteiger charge is -2.20. The first kappa shape index (κ1) is 18.4. The molecule has 1 heterocycles. The molecule has 8 heteroatoms. The van der Waals surface area contributed by atoms with Crippen LogP contribution in [0.25, 0.3) is 0 Å². The van der Waals surface area contributed by atoms with Crippen LogP contribution >= 0.6 is 23.2 Å². The topological polar surface area (TPSA) is 73.9 Å². The molecule has 1 aliphatic rings. The van der Waals surface area contributed by atoms with E-state index in [1.165, 1.54) is 13.2 Å². The molecule has 0 saturated carbocycles. The molecule has 0 aromatic heterocycles. The Morgan fingerprint density at radius 3 is 2.62 bits per heavy atom. The number of carbonyl (C=O) groups is 2. The zero-order chi connectivity index (χ0) is 17.7. The molecule has 2 atom stereocenters. The molecule has 1 aliphatic heterocycles. The standard InChI is InChI=1S/C16H17Cl2NO5/c1-9(12-4-3-11(17)7-13(12)18)19-15(20)10(2)24-16(21)14-8-22-5-6-23-14/h3-4,7-10H,5-6H2,1-2H3,(H,19,20). The van der Waals surface area contributed by atoms with Gasteiger partial charge in [0.1, 0.15) is 19.5 Å². The van der Waals surface area contributed by atoms with E-state index >= 15 is 0 Å². The van der Waals surface area contributed by atoms with Gasteiger partial charge >= 0.3 is 5.97 Å². The lowest BCUT2D eigenvalue weighted by atomic mass is 10.1. The highest BCUT2D eigenvalue weighted by atomic mass is 35.5. The van der Waals surface area contributed by atoms with Gasteiger partial charge in [0.15, 0.2) is 6.10 Å². The molecule has 1 aromatic carbocycles. The molecule has 0 radical (unpaired) electrons. The Kier molecular flexibility index (Phi) is 6.34. The summed E-state index contributed by atoms with van der Waals surface area (Å²) in [6.07, 6.45) is 0.171. The zero-order valence-corrected chi connectivity index (χ0v) is 14.7. The van der Waals surface area contributed by atoms with Gasteiger partial charge in [0.25, 0.3) is 5.91 Å². The Hall–Kier alpha value is -1.92. The van der Waals surface area contributed by atoms with Crippen LogP contribution in [0.2, 0.25) is 10.0 Å². The molecule has 0 saturated heterocycles. The smallest absolute Gasteiger partial charge is 0.377 e. The fourth-order valence-corrected chi connectivity index (χ4v) is 2.58. The Morgan fingerprint density at radius 2 is 2.00 bits per heavy atom. The molecule has 1 amide bonds. The Morgan fingerprint density at radius 1 is 1.25 bits per heavy atom. The number of rotatable bonds is 5. The van der Waals surface area contributed by atoms with Crippen LogP contribution in [0.5, 0.6) is 0 Å². The first-order valence-electron chi connectivity index (χ1n) is 7.29. The van der Waals surface area contributed by atoms with Gasteiger partial charge in [-0.05, 0) is 31.5 Å². The van der Waals surface area contributed by atoms with Gasteiger partial charge in [0.05, 0.1) is 6.04 Å². The van der Waals surface area contributed by atoms with Crippen LogP contribution in [0.3, 0.4) is 0 Å². The third-order valence-electron chi connectivity index (χ3n) is 3.29. The quantitative estimate of drug-likeness (QED) is 0.803. The SMILES string of the molecule is CC(OC(=O)C1=COCCO1)C(=O)NC(C)c1ccc(Cl)cc1Cl. The molecule has 0 aliphatic carbocycles. The molecule has 1 N–H and O–H groups in total. The predicted octanol–water partition coefficient (Wildman–Crippen LogP) is 2.99. The highest BCUT2D eigenvalue weighted by molar-refractivity contribution is 6.35. The summed E-state index contributed by atoms with van der Waals surface area (Å²) in [5.74, 6) is -1.27. The second-order valence-electron chi connectivity index (χ2n) is 5.15. The molecule has 2 rings (SSSR count). The highest BCUT2D eigenvalue weighted by Crippen LogP contribution is 2.26. The molecule has 0 fully saturated rings. The minimum Gasteiger partial charge on any atom is -0.493 e. The lowest BCUT2D eigenvalue weighted by Crippen LogP contribution is -2.38. The molecule has 6 nitrogen and oxygen atoms in total. The van der Waals surface area contributed by atoms with E-state index in [1.54, 1.807) is 25.1 Å². The van der Waals surface area contributed by atoms with E-state index in [-0.39, 0.29) is 18.4 Å². The summed E-state index contributed by atoms with van der Waals surface area (Å²) in [4.78, 5) is 24.0. The van der Waals surface area contributed by atoms with Crippen molar-refractivity contribution < 1.29 is 23.8 Å². The van der Waals surface area contributed by atoms with Gasteiger partial charge in [0, 0.05) is 10.0 Å².